The van der Waals surface area contributed by atoms with Gasteiger partial charge >= 0.3 is 6.03 Å². The fraction of sp³-hybridized carbons (Fsp3) is 0.368. The van der Waals surface area contributed by atoms with Gasteiger partial charge in [0, 0.05) is 50.0 Å². The minimum Gasteiger partial charge on any atom is -0.335 e. The van der Waals surface area contributed by atoms with Crippen LogP contribution in [0.3, 0.4) is 0 Å². The second-order valence-electron chi connectivity index (χ2n) is 6.80. The van der Waals surface area contributed by atoms with Crippen LogP contribution >= 0.6 is 0 Å². The van der Waals surface area contributed by atoms with Crippen LogP contribution in [0.2, 0.25) is 0 Å². The lowest BCUT2D eigenvalue weighted by Gasteiger charge is -2.32. The second-order valence-corrected chi connectivity index (χ2v) is 8.82. The van der Waals surface area contributed by atoms with Crippen LogP contribution in [0, 0.1) is 0 Å². The third kappa shape index (κ3) is 5.77. The number of urea groups is 1. The number of rotatable bonds is 5. The zero-order chi connectivity index (χ0) is 19.3. The van der Waals surface area contributed by atoms with Crippen LogP contribution in [0.4, 0.5) is 10.5 Å². The first-order chi connectivity index (χ1) is 12.9. The van der Waals surface area contributed by atoms with Crippen LogP contribution in [-0.4, -0.2) is 49.7 Å². The van der Waals surface area contributed by atoms with E-state index in [4.69, 9.17) is 0 Å². The normalized spacial score (nSPS) is 16.0. The molecule has 2 amide bonds. The number of carbonyl (C=O) groups is 1. The van der Waals surface area contributed by atoms with Gasteiger partial charge in [-0.3, -0.25) is 9.88 Å². The van der Waals surface area contributed by atoms with Gasteiger partial charge < -0.3 is 10.6 Å². The molecule has 0 unspecified atom stereocenters. The number of aromatic nitrogens is 1. The summed E-state index contributed by atoms with van der Waals surface area (Å²) in [4.78, 5) is 18.8. The number of pyridine rings is 1. The summed E-state index contributed by atoms with van der Waals surface area (Å²) in [7, 11) is -3.30. The Hall–Kier alpha value is -2.45. The quantitative estimate of drug-likeness (QED) is 0.820. The largest absolute Gasteiger partial charge is 0.335 e. The van der Waals surface area contributed by atoms with Crippen molar-refractivity contribution in [2.45, 2.75) is 30.3 Å². The van der Waals surface area contributed by atoms with Crippen molar-refractivity contribution in [3.05, 3.63) is 54.4 Å². The summed E-state index contributed by atoms with van der Waals surface area (Å²) < 4.78 is 23.2. The molecule has 0 spiro atoms. The molecule has 0 saturated carbocycles. The summed E-state index contributed by atoms with van der Waals surface area (Å²) >= 11 is 0. The molecular formula is C19H24N4O3S. The van der Waals surface area contributed by atoms with E-state index in [1.165, 1.54) is 17.7 Å². The summed E-state index contributed by atoms with van der Waals surface area (Å²) in [5.74, 6) is 0. The molecule has 0 atom stereocenters. The van der Waals surface area contributed by atoms with Crippen LogP contribution in [0.1, 0.15) is 18.4 Å². The van der Waals surface area contributed by atoms with Gasteiger partial charge in [-0.15, -0.1) is 0 Å². The zero-order valence-corrected chi connectivity index (χ0v) is 16.1. The molecule has 1 aromatic heterocycles. The molecule has 3 rings (SSSR count). The Labute approximate surface area is 159 Å². The average Bonchev–Trinajstić information content (AvgIpc) is 2.64. The maximum atomic E-state index is 12.2. The van der Waals surface area contributed by atoms with Crippen molar-refractivity contribution in [1.29, 1.82) is 0 Å². The number of carbonyl (C=O) groups excluding carboxylic acids is 1. The molecule has 0 bridgehead atoms. The number of benzene rings is 1. The van der Waals surface area contributed by atoms with Crippen LogP contribution in [0.15, 0.2) is 53.7 Å². The Morgan fingerprint density at radius 3 is 2.56 bits per heavy atom. The molecule has 1 aliphatic rings. The van der Waals surface area contributed by atoms with E-state index in [2.05, 4.69) is 20.5 Å². The van der Waals surface area contributed by atoms with E-state index in [1.54, 1.807) is 24.5 Å². The van der Waals surface area contributed by atoms with Gasteiger partial charge in [0.15, 0.2) is 9.84 Å². The van der Waals surface area contributed by atoms with E-state index >= 15 is 0 Å². The average molecular weight is 388 g/mol. The Kier molecular flexibility index (Phi) is 6.08. The third-order valence-electron chi connectivity index (χ3n) is 4.60. The Bertz CT molecular complexity index is 879. The van der Waals surface area contributed by atoms with Gasteiger partial charge in [-0.05, 0) is 48.7 Å². The third-order valence-corrected chi connectivity index (χ3v) is 5.71. The smallest absolute Gasteiger partial charge is 0.319 e. The van der Waals surface area contributed by atoms with Crippen molar-refractivity contribution in [2.24, 2.45) is 0 Å². The molecule has 1 aromatic carbocycles. The standard InChI is InChI=1S/C19H24N4O3S/c1-27(25,26)18-4-2-3-17(13-18)22-19(24)21-16-7-11-23(12-8-16)14-15-5-9-20-10-6-15/h2-6,9-10,13,16H,7-8,11-12,14H2,1H3,(H2,21,22,24). The number of hydrogen-bond donors (Lipinski definition) is 2. The molecular weight excluding hydrogens is 364 g/mol. The lowest BCUT2D eigenvalue weighted by atomic mass is 10.0. The van der Waals surface area contributed by atoms with Gasteiger partial charge in [-0.2, -0.15) is 0 Å². The van der Waals surface area contributed by atoms with Gasteiger partial charge in [-0.25, -0.2) is 13.2 Å². The number of anilines is 1. The van der Waals surface area contributed by atoms with Crippen molar-refractivity contribution in [1.82, 2.24) is 15.2 Å². The van der Waals surface area contributed by atoms with Crippen molar-refractivity contribution >= 4 is 21.6 Å². The first-order valence-corrected chi connectivity index (χ1v) is 10.8. The molecule has 1 fully saturated rings. The molecule has 7 nitrogen and oxygen atoms in total. The SMILES string of the molecule is CS(=O)(=O)c1cccc(NC(=O)NC2CCN(Cc3ccncc3)CC2)c1. The first-order valence-electron chi connectivity index (χ1n) is 8.89. The molecule has 8 heteroatoms. The fourth-order valence-corrected chi connectivity index (χ4v) is 3.81. The predicted octanol–water partition coefficient (Wildman–Crippen LogP) is 2.27. The minimum atomic E-state index is -3.30. The van der Waals surface area contributed by atoms with Crippen LogP contribution in [0.25, 0.3) is 0 Å². The highest BCUT2D eigenvalue weighted by atomic mass is 32.2. The highest BCUT2D eigenvalue weighted by molar-refractivity contribution is 7.90. The number of nitrogens with zero attached hydrogens (tertiary/aromatic N) is 2. The number of nitrogens with one attached hydrogen (secondary N) is 2. The highest BCUT2D eigenvalue weighted by Crippen LogP contribution is 2.16. The lowest BCUT2D eigenvalue weighted by Crippen LogP contribution is -2.45. The van der Waals surface area contributed by atoms with E-state index in [0.717, 1.165) is 38.7 Å². The van der Waals surface area contributed by atoms with E-state index in [-0.39, 0.29) is 17.0 Å². The van der Waals surface area contributed by atoms with Crippen LogP contribution < -0.4 is 10.6 Å². The summed E-state index contributed by atoms with van der Waals surface area (Å²) in [6.07, 6.45) is 6.50. The molecule has 2 N–H and O–H groups in total. The molecule has 2 aromatic rings. The van der Waals surface area contributed by atoms with E-state index in [0.29, 0.717) is 5.69 Å². The van der Waals surface area contributed by atoms with Gasteiger partial charge in [0.2, 0.25) is 0 Å². The molecule has 144 valence electrons. The van der Waals surface area contributed by atoms with E-state index in [9.17, 15) is 13.2 Å². The van der Waals surface area contributed by atoms with Gasteiger partial charge in [-0.1, -0.05) is 6.07 Å². The van der Waals surface area contributed by atoms with Gasteiger partial charge in [0.1, 0.15) is 0 Å². The van der Waals surface area contributed by atoms with Gasteiger partial charge in [0.05, 0.1) is 4.90 Å². The summed E-state index contributed by atoms with van der Waals surface area (Å²) in [5.41, 5.74) is 1.70. The highest BCUT2D eigenvalue weighted by Gasteiger charge is 2.21. The van der Waals surface area contributed by atoms with Gasteiger partial charge in [0.25, 0.3) is 0 Å². The predicted molar refractivity (Wildman–Crippen MR) is 104 cm³/mol. The van der Waals surface area contributed by atoms with Crippen molar-refractivity contribution in [3.8, 4) is 0 Å². The van der Waals surface area contributed by atoms with E-state index < -0.39 is 9.84 Å². The Balaban J connectivity index is 1.47. The molecule has 0 radical (unpaired) electrons. The number of amides is 2. The summed E-state index contributed by atoms with van der Waals surface area (Å²) in [6, 6.07) is 10.1. The first kappa shape index (κ1) is 19.3. The maximum absolute atomic E-state index is 12.2. The van der Waals surface area contributed by atoms with Crippen molar-refractivity contribution in [3.63, 3.8) is 0 Å². The Morgan fingerprint density at radius 2 is 1.89 bits per heavy atom. The summed E-state index contributed by atoms with van der Waals surface area (Å²) in [5, 5.41) is 5.69. The van der Waals surface area contributed by atoms with E-state index in [1.807, 2.05) is 12.1 Å². The molecule has 1 saturated heterocycles. The lowest BCUT2D eigenvalue weighted by molar-refractivity contribution is 0.190. The zero-order valence-electron chi connectivity index (χ0n) is 15.3. The molecule has 1 aliphatic heterocycles. The number of likely N-dealkylation sites (tertiary alicyclic amines) is 1. The number of sulfone groups is 1. The Morgan fingerprint density at radius 1 is 1.19 bits per heavy atom. The van der Waals surface area contributed by atoms with Crippen LogP contribution in [0.5, 0.6) is 0 Å². The number of hydrogen-bond acceptors (Lipinski definition) is 5. The molecule has 2 heterocycles. The molecule has 0 aliphatic carbocycles. The maximum Gasteiger partial charge on any atom is 0.319 e. The number of piperidine rings is 1. The molecule has 27 heavy (non-hydrogen) atoms. The van der Waals surface area contributed by atoms with Crippen molar-refractivity contribution in [2.75, 3.05) is 24.7 Å². The topological polar surface area (TPSA) is 91.4 Å². The fourth-order valence-electron chi connectivity index (χ4n) is 3.14. The summed E-state index contributed by atoms with van der Waals surface area (Å²) in [6.45, 7) is 2.72. The van der Waals surface area contributed by atoms with Crippen molar-refractivity contribution < 1.29 is 13.2 Å². The minimum absolute atomic E-state index is 0.108. The van der Waals surface area contributed by atoms with Crippen LogP contribution in [-0.2, 0) is 16.4 Å². The second kappa shape index (κ2) is 8.49. The monoisotopic (exact) mass is 388 g/mol.